The number of benzene rings is 1. The Morgan fingerprint density at radius 3 is 2.57 bits per heavy atom. The number of hydrogen-bond acceptors (Lipinski definition) is 4. The molecule has 112 valence electrons. The summed E-state index contributed by atoms with van der Waals surface area (Å²) in [5, 5.41) is 0. The highest BCUT2D eigenvalue weighted by atomic mass is 35.5. The van der Waals surface area contributed by atoms with Gasteiger partial charge < -0.3 is 15.4 Å². The summed E-state index contributed by atoms with van der Waals surface area (Å²) >= 11 is 7.34. The lowest BCUT2D eigenvalue weighted by molar-refractivity contribution is -0.132. The molecule has 6 heteroatoms. The van der Waals surface area contributed by atoms with Gasteiger partial charge in [0, 0.05) is 18.5 Å². The van der Waals surface area contributed by atoms with E-state index in [1.165, 1.54) is 11.3 Å². The monoisotopic (exact) mass is 324 g/mol. The molecule has 0 saturated heterocycles. The number of amides is 1. The smallest absolute Gasteiger partial charge is 0.260 e. The molecule has 2 aromatic rings. The largest absolute Gasteiger partial charge is 0.484 e. The number of ether oxygens (including phenoxy) is 1. The SMILES string of the molecule is CN(Cc1ccc(Cl)s1)C(=O)COc1ccc(CN)cc1. The molecule has 0 spiro atoms. The third-order valence-corrected chi connectivity index (χ3v) is 4.18. The summed E-state index contributed by atoms with van der Waals surface area (Å²) < 4.78 is 6.20. The summed E-state index contributed by atoms with van der Waals surface area (Å²) in [7, 11) is 1.75. The molecule has 1 aromatic carbocycles. The van der Waals surface area contributed by atoms with E-state index in [4.69, 9.17) is 22.1 Å². The van der Waals surface area contributed by atoms with Gasteiger partial charge in [0.1, 0.15) is 5.75 Å². The molecular formula is C15H17ClN2O2S. The molecule has 2 rings (SSSR count). The summed E-state index contributed by atoms with van der Waals surface area (Å²) in [5.41, 5.74) is 6.55. The van der Waals surface area contributed by atoms with Crippen molar-refractivity contribution in [3.63, 3.8) is 0 Å². The highest BCUT2D eigenvalue weighted by Crippen LogP contribution is 2.22. The molecule has 21 heavy (non-hydrogen) atoms. The maximum atomic E-state index is 12.0. The zero-order valence-corrected chi connectivity index (χ0v) is 13.3. The van der Waals surface area contributed by atoms with E-state index in [1.807, 2.05) is 36.4 Å². The van der Waals surface area contributed by atoms with Crippen LogP contribution in [0.25, 0.3) is 0 Å². The molecule has 2 N–H and O–H groups in total. The Bertz CT molecular complexity index is 598. The van der Waals surface area contributed by atoms with Gasteiger partial charge in [-0.2, -0.15) is 0 Å². The number of likely N-dealkylation sites (N-methyl/N-ethyl adjacent to an activating group) is 1. The van der Waals surface area contributed by atoms with Crippen molar-refractivity contribution in [2.24, 2.45) is 5.73 Å². The molecule has 4 nitrogen and oxygen atoms in total. The lowest BCUT2D eigenvalue weighted by atomic mass is 10.2. The van der Waals surface area contributed by atoms with Crippen LogP contribution in [0.5, 0.6) is 5.75 Å². The second kappa shape index (κ2) is 7.45. The van der Waals surface area contributed by atoms with Gasteiger partial charge in [0.15, 0.2) is 6.61 Å². The first-order chi connectivity index (χ1) is 10.1. The van der Waals surface area contributed by atoms with Gasteiger partial charge in [0.2, 0.25) is 0 Å². The molecule has 0 saturated carbocycles. The van der Waals surface area contributed by atoms with Crippen LogP contribution in [0, 0.1) is 0 Å². The molecule has 0 aliphatic heterocycles. The number of rotatable bonds is 6. The van der Waals surface area contributed by atoms with Crippen molar-refractivity contribution in [3.05, 3.63) is 51.2 Å². The van der Waals surface area contributed by atoms with Gasteiger partial charge in [0.05, 0.1) is 10.9 Å². The molecule has 0 fully saturated rings. The van der Waals surface area contributed by atoms with Crippen molar-refractivity contribution < 1.29 is 9.53 Å². The first-order valence-electron chi connectivity index (χ1n) is 6.48. The maximum absolute atomic E-state index is 12.0. The van der Waals surface area contributed by atoms with E-state index in [0.29, 0.717) is 18.8 Å². The zero-order chi connectivity index (χ0) is 15.2. The van der Waals surface area contributed by atoms with Crippen molar-refractivity contribution in [1.29, 1.82) is 0 Å². The number of carbonyl (C=O) groups excluding carboxylic acids is 1. The lowest BCUT2D eigenvalue weighted by Gasteiger charge is -2.16. The molecule has 0 aliphatic carbocycles. The number of nitrogens with two attached hydrogens (primary N) is 1. The zero-order valence-electron chi connectivity index (χ0n) is 11.7. The van der Waals surface area contributed by atoms with Crippen molar-refractivity contribution in [3.8, 4) is 5.75 Å². The third kappa shape index (κ3) is 4.74. The molecule has 0 atom stereocenters. The third-order valence-electron chi connectivity index (χ3n) is 2.97. The van der Waals surface area contributed by atoms with E-state index in [1.54, 1.807) is 11.9 Å². The highest BCUT2D eigenvalue weighted by Gasteiger charge is 2.11. The second-order valence-electron chi connectivity index (χ2n) is 4.59. The van der Waals surface area contributed by atoms with Crippen LogP contribution in [0.2, 0.25) is 4.34 Å². The van der Waals surface area contributed by atoms with Crippen molar-refractivity contribution in [1.82, 2.24) is 4.90 Å². The van der Waals surface area contributed by atoms with E-state index in [9.17, 15) is 4.79 Å². The van der Waals surface area contributed by atoms with Crippen molar-refractivity contribution in [2.75, 3.05) is 13.7 Å². The minimum Gasteiger partial charge on any atom is -0.484 e. The summed E-state index contributed by atoms with van der Waals surface area (Å²) in [4.78, 5) is 14.7. The van der Waals surface area contributed by atoms with Gasteiger partial charge in [-0.3, -0.25) is 4.79 Å². The molecule has 1 aromatic heterocycles. The number of hydrogen-bond donors (Lipinski definition) is 1. The van der Waals surface area contributed by atoms with E-state index in [0.717, 1.165) is 14.8 Å². The molecule has 0 aliphatic rings. The quantitative estimate of drug-likeness (QED) is 0.889. The minimum atomic E-state index is -0.0811. The second-order valence-corrected chi connectivity index (χ2v) is 6.39. The molecular weight excluding hydrogens is 308 g/mol. The number of nitrogens with zero attached hydrogens (tertiary/aromatic N) is 1. The van der Waals surface area contributed by atoms with Crippen LogP contribution in [0.3, 0.4) is 0 Å². The molecule has 1 heterocycles. The van der Waals surface area contributed by atoms with Crippen LogP contribution in [0.15, 0.2) is 36.4 Å². The Morgan fingerprint density at radius 2 is 2.00 bits per heavy atom. The summed E-state index contributed by atoms with van der Waals surface area (Å²) in [6, 6.07) is 11.1. The van der Waals surface area contributed by atoms with Gasteiger partial charge in [-0.25, -0.2) is 0 Å². The maximum Gasteiger partial charge on any atom is 0.260 e. The predicted molar refractivity (Wildman–Crippen MR) is 85.6 cm³/mol. The minimum absolute atomic E-state index is 0.0115. The Labute approximate surface area is 133 Å². The number of halogens is 1. The van der Waals surface area contributed by atoms with Crippen LogP contribution in [-0.2, 0) is 17.9 Å². The summed E-state index contributed by atoms with van der Waals surface area (Å²) in [6.45, 7) is 1.04. The number of thiophene rings is 1. The van der Waals surface area contributed by atoms with Crippen LogP contribution in [0.4, 0.5) is 0 Å². The summed E-state index contributed by atoms with van der Waals surface area (Å²) in [6.07, 6.45) is 0. The van der Waals surface area contributed by atoms with Crippen molar-refractivity contribution in [2.45, 2.75) is 13.1 Å². The fraction of sp³-hybridized carbons (Fsp3) is 0.267. The van der Waals surface area contributed by atoms with Gasteiger partial charge in [-0.05, 0) is 29.8 Å². The van der Waals surface area contributed by atoms with E-state index < -0.39 is 0 Å². The van der Waals surface area contributed by atoms with Crippen LogP contribution < -0.4 is 10.5 Å². The van der Waals surface area contributed by atoms with Crippen LogP contribution in [-0.4, -0.2) is 24.5 Å². The van der Waals surface area contributed by atoms with Gasteiger partial charge >= 0.3 is 0 Å². The van der Waals surface area contributed by atoms with Crippen LogP contribution >= 0.6 is 22.9 Å². The average Bonchev–Trinajstić information content (AvgIpc) is 2.90. The van der Waals surface area contributed by atoms with Gasteiger partial charge in [-0.1, -0.05) is 23.7 Å². The first-order valence-corrected chi connectivity index (χ1v) is 7.68. The van der Waals surface area contributed by atoms with E-state index in [2.05, 4.69) is 0 Å². The van der Waals surface area contributed by atoms with E-state index >= 15 is 0 Å². The molecule has 0 bridgehead atoms. The number of carbonyl (C=O) groups is 1. The Kier molecular flexibility index (Phi) is 5.61. The Morgan fingerprint density at radius 1 is 1.29 bits per heavy atom. The average molecular weight is 325 g/mol. The lowest BCUT2D eigenvalue weighted by Crippen LogP contribution is -2.30. The fourth-order valence-corrected chi connectivity index (χ4v) is 2.88. The Hall–Kier alpha value is -1.56. The van der Waals surface area contributed by atoms with Gasteiger partial charge in [0.25, 0.3) is 5.91 Å². The predicted octanol–water partition coefficient (Wildman–Crippen LogP) is 2.90. The normalized spacial score (nSPS) is 10.4. The molecule has 0 unspecified atom stereocenters. The van der Waals surface area contributed by atoms with E-state index in [-0.39, 0.29) is 12.5 Å². The van der Waals surface area contributed by atoms with Gasteiger partial charge in [-0.15, -0.1) is 11.3 Å². The van der Waals surface area contributed by atoms with Crippen LogP contribution in [0.1, 0.15) is 10.4 Å². The highest BCUT2D eigenvalue weighted by molar-refractivity contribution is 7.16. The standard InChI is InChI=1S/C15H17ClN2O2S/c1-18(9-13-6-7-14(16)21-13)15(19)10-20-12-4-2-11(8-17)3-5-12/h2-7H,8-10,17H2,1H3. The first kappa shape index (κ1) is 15.8. The summed E-state index contributed by atoms with van der Waals surface area (Å²) in [5.74, 6) is 0.579. The molecule has 1 amide bonds. The fourth-order valence-electron chi connectivity index (χ4n) is 1.74. The Balaban J connectivity index is 1.82. The van der Waals surface area contributed by atoms with Crippen molar-refractivity contribution >= 4 is 28.8 Å². The topological polar surface area (TPSA) is 55.6 Å². The molecule has 0 radical (unpaired) electrons.